The van der Waals surface area contributed by atoms with Gasteiger partial charge < -0.3 is 19.2 Å². The van der Waals surface area contributed by atoms with Crippen LogP contribution in [0.1, 0.15) is 78.8 Å². The van der Waals surface area contributed by atoms with Gasteiger partial charge in [-0.05, 0) is 94.8 Å². The first kappa shape index (κ1) is 32.7. The number of aromatic nitrogens is 4. The molecule has 3 aromatic rings. The van der Waals surface area contributed by atoms with Crippen molar-refractivity contribution in [3.05, 3.63) is 48.4 Å². The number of hydrogen-bond acceptors (Lipinski definition) is 8. The standard InChI is InChI=1S/C33H49N5O4Si/c1-23-18-25(26-21-35-38(22-26)28-12-10-24(11-13-28)30(39)42-32(2,3)4)20-27(19-23)36-31-34-15-14-29(37-31)40-16-17-41-43(8,9)33(5,6)7/h14-15,18-22,24,28H,10-13,16-17H2,1-9H3,(H,34,36,37). The lowest BCUT2D eigenvalue weighted by Gasteiger charge is -2.36. The second-order valence-corrected chi connectivity index (χ2v) is 18.9. The minimum Gasteiger partial charge on any atom is -0.475 e. The maximum atomic E-state index is 12.5. The summed E-state index contributed by atoms with van der Waals surface area (Å²) in [4.78, 5) is 21.5. The number of rotatable bonds is 10. The predicted molar refractivity (Wildman–Crippen MR) is 173 cm³/mol. The summed E-state index contributed by atoms with van der Waals surface area (Å²) in [7, 11) is -1.81. The van der Waals surface area contributed by atoms with Crippen molar-refractivity contribution in [3.8, 4) is 17.0 Å². The summed E-state index contributed by atoms with van der Waals surface area (Å²) >= 11 is 0. The summed E-state index contributed by atoms with van der Waals surface area (Å²) in [5.74, 6) is 0.866. The highest BCUT2D eigenvalue weighted by atomic mass is 28.4. The van der Waals surface area contributed by atoms with Crippen LogP contribution in [-0.4, -0.2) is 52.8 Å². The van der Waals surface area contributed by atoms with Crippen molar-refractivity contribution in [2.24, 2.45) is 5.92 Å². The van der Waals surface area contributed by atoms with E-state index in [9.17, 15) is 4.79 Å². The van der Waals surface area contributed by atoms with E-state index in [1.54, 1.807) is 12.3 Å². The number of hydrogen-bond donors (Lipinski definition) is 1. The third-order valence-corrected chi connectivity index (χ3v) is 12.8. The highest BCUT2D eigenvalue weighted by Gasteiger charge is 2.37. The lowest BCUT2D eigenvalue weighted by atomic mass is 9.86. The monoisotopic (exact) mass is 607 g/mol. The first-order valence-electron chi connectivity index (χ1n) is 15.4. The van der Waals surface area contributed by atoms with Crippen LogP contribution in [0.2, 0.25) is 18.1 Å². The fourth-order valence-electron chi connectivity index (χ4n) is 4.94. The number of carbonyl (C=O) groups is 1. The maximum Gasteiger partial charge on any atom is 0.309 e. The van der Waals surface area contributed by atoms with Crippen LogP contribution >= 0.6 is 0 Å². The van der Waals surface area contributed by atoms with Gasteiger partial charge in [-0.3, -0.25) is 9.48 Å². The minimum absolute atomic E-state index is 0.0300. The summed E-state index contributed by atoms with van der Waals surface area (Å²) in [5, 5.41) is 8.19. The van der Waals surface area contributed by atoms with Crippen molar-refractivity contribution in [1.29, 1.82) is 0 Å². The number of benzene rings is 1. The van der Waals surface area contributed by atoms with E-state index in [1.807, 2.05) is 27.0 Å². The molecule has 1 aliphatic rings. The molecule has 4 rings (SSSR count). The number of ether oxygens (including phenoxy) is 2. The van der Waals surface area contributed by atoms with Gasteiger partial charge in [0, 0.05) is 29.7 Å². The Kier molecular flexibility index (Phi) is 10.0. The number of aryl methyl sites for hydroxylation is 1. The van der Waals surface area contributed by atoms with E-state index in [-0.39, 0.29) is 23.0 Å². The Bertz CT molecular complexity index is 1380. The van der Waals surface area contributed by atoms with Crippen LogP contribution in [0.3, 0.4) is 0 Å². The zero-order valence-electron chi connectivity index (χ0n) is 27.4. The Hall–Kier alpha value is -3.24. The lowest BCUT2D eigenvalue weighted by Crippen LogP contribution is -2.41. The third-order valence-electron chi connectivity index (χ3n) is 8.31. The van der Waals surface area contributed by atoms with E-state index < -0.39 is 13.9 Å². The molecule has 0 bridgehead atoms. The van der Waals surface area contributed by atoms with Gasteiger partial charge in [-0.25, -0.2) is 4.98 Å². The zero-order valence-corrected chi connectivity index (χ0v) is 28.4. The van der Waals surface area contributed by atoms with Crippen molar-refractivity contribution < 1.29 is 18.7 Å². The molecule has 0 amide bonds. The van der Waals surface area contributed by atoms with Gasteiger partial charge in [-0.1, -0.05) is 26.8 Å². The van der Waals surface area contributed by atoms with Gasteiger partial charge in [-0.2, -0.15) is 10.1 Å². The Balaban J connectivity index is 1.35. The molecule has 0 atom stereocenters. The van der Waals surface area contributed by atoms with Gasteiger partial charge >= 0.3 is 5.97 Å². The smallest absolute Gasteiger partial charge is 0.309 e. The van der Waals surface area contributed by atoms with E-state index in [0.29, 0.717) is 25.0 Å². The van der Waals surface area contributed by atoms with Gasteiger partial charge in [-0.15, -0.1) is 0 Å². The normalized spacial score (nSPS) is 17.9. The van der Waals surface area contributed by atoms with Gasteiger partial charge in [0.05, 0.1) is 24.8 Å². The molecule has 1 aromatic carbocycles. The molecule has 0 saturated heterocycles. The van der Waals surface area contributed by atoms with Gasteiger partial charge in [0.15, 0.2) is 8.32 Å². The van der Waals surface area contributed by atoms with Crippen molar-refractivity contribution in [2.75, 3.05) is 18.5 Å². The molecule has 43 heavy (non-hydrogen) atoms. The topological polar surface area (TPSA) is 100 Å². The van der Waals surface area contributed by atoms with Gasteiger partial charge in [0.25, 0.3) is 0 Å². The molecule has 1 N–H and O–H groups in total. The van der Waals surface area contributed by atoms with Crippen molar-refractivity contribution in [1.82, 2.24) is 19.7 Å². The predicted octanol–water partition coefficient (Wildman–Crippen LogP) is 7.87. The minimum atomic E-state index is -1.81. The van der Waals surface area contributed by atoms with E-state index in [1.165, 1.54) is 0 Å². The van der Waals surface area contributed by atoms with Crippen molar-refractivity contribution in [2.45, 2.75) is 104 Å². The van der Waals surface area contributed by atoms with Crippen molar-refractivity contribution in [3.63, 3.8) is 0 Å². The molecule has 2 aromatic heterocycles. The SMILES string of the molecule is Cc1cc(Nc2nccc(OCCO[Si](C)(C)C(C)(C)C)n2)cc(-c2cnn(C3CCC(C(=O)OC(C)(C)C)CC3)c2)c1. The molecule has 9 nitrogen and oxygen atoms in total. The molecule has 1 aliphatic carbocycles. The summed E-state index contributed by atoms with van der Waals surface area (Å²) in [5.41, 5.74) is 3.65. The lowest BCUT2D eigenvalue weighted by molar-refractivity contribution is -0.161. The average Bonchev–Trinajstić information content (AvgIpc) is 3.40. The summed E-state index contributed by atoms with van der Waals surface area (Å²) in [6.45, 7) is 19.9. The molecule has 1 saturated carbocycles. The van der Waals surface area contributed by atoms with Crippen LogP contribution in [0.25, 0.3) is 11.1 Å². The molecular weight excluding hydrogens is 558 g/mol. The van der Waals surface area contributed by atoms with Crippen molar-refractivity contribution >= 4 is 25.9 Å². The summed E-state index contributed by atoms with van der Waals surface area (Å²) in [6.07, 6.45) is 9.16. The summed E-state index contributed by atoms with van der Waals surface area (Å²) < 4.78 is 19.7. The number of esters is 1. The fourth-order valence-corrected chi connectivity index (χ4v) is 5.97. The van der Waals surface area contributed by atoms with Crippen LogP contribution in [0, 0.1) is 12.8 Å². The van der Waals surface area contributed by atoms with Gasteiger partial charge in [0.2, 0.25) is 11.8 Å². The first-order valence-corrected chi connectivity index (χ1v) is 18.3. The Labute approximate surface area is 257 Å². The highest BCUT2D eigenvalue weighted by Crippen LogP contribution is 2.37. The molecule has 0 unspecified atom stereocenters. The van der Waals surface area contributed by atoms with Crippen LogP contribution in [0.5, 0.6) is 5.88 Å². The molecule has 10 heteroatoms. The number of carbonyl (C=O) groups excluding carboxylic acids is 1. The van der Waals surface area contributed by atoms with E-state index in [0.717, 1.165) is 48.1 Å². The molecule has 2 heterocycles. The highest BCUT2D eigenvalue weighted by molar-refractivity contribution is 6.74. The molecule has 0 radical (unpaired) electrons. The number of anilines is 2. The second-order valence-electron chi connectivity index (χ2n) is 14.1. The van der Waals surface area contributed by atoms with Crippen LogP contribution in [0.15, 0.2) is 42.9 Å². The fraction of sp³-hybridized carbons (Fsp3) is 0.576. The molecule has 0 aliphatic heterocycles. The first-order chi connectivity index (χ1) is 20.1. The molecule has 234 valence electrons. The quantitative estimate of drug-likeness (QED) is 0.141. The number of nitrogens with zero attached hydrogens (tertiary/aromatic N) is 4. The molecule has 1 fully saturated rings. The average molecular weight is 608 g/mol. The van der Waals surface area contributed by atoms with Crippen LogP contribution in [-0.2, 0) is 14.0 Å². The van der Waals surface area contributed by atoms with Crippen LogP contribution in [0.4, 0.5) is 11.6 Å². The Morgan fingerprint density at radius 3 is 2.42 bits per heavy atom. The second kappa shape index (κ2) is 13.2. The Morgan fingerprint density at radius 2 is 1.74 bits per heavy atom. The third kappa shape index (κ3) is 9.12. The van der Waals surface area contributed by atoms with E-state index in [2.05, 4.69) is 85.2 Å². The number of nitrogens with one attached hydrogen (secondary N) is 1. The maximum absolute atomic E-state index is 12.5. The van der Waals surface area contributed by atoms with Crippen LogP contribution < -0.4 is 10.1 Å². The van der Waals surface area contributed by atoms with Gasteiger partial charge in [0.1, 0.15) is 12.2 Å². The Morgan fingerprint density at radius 1 is 1.02 bits per heavy atom. The molecular formula is C33H49N5O4Si. The molecule has 0 spiro atoms. The summed E-state index contributed by atoms with van der Waals surface area (Å²) in [6, 6.07) is 8.33. The van der Waals surface area contributed by atoms with E-state index in [4.69, 9.17) is 19.0 Å². The largest absolute Gasteiger partial charge is 0.475 e. The van der Waals surface area contributed by atoms with E-state index >= 15 is 0 Å². The zero-order chi connectivity index (χ0) is 31.4.